The molecule has 0 aliphatic carbocycles. The van der Waals surface area contributed by atoms with Crippen LogP contribution in [0.4, 0.5) is 0 Å². The zero-order chi connectivity index (χ0) is 12.3. The quantitative estimate of drug-likeness (QED) is 0.873. The van der Waals surface area contributed by atoms with Crippen LogP contribution in [-0.4, -0.2) is 18.3 Å². The molecule has 2 nitrogen and oxygen atoms in total. The molecule has 2 heteroatoms. The normalized spacial score (nSPS) is 13.1. The lowest BCUT2D eigenvalue weighted by molar-refractivity contribution is 0.245. The third-order valence-electron chi connectivity index (χ3n) is 2.69. The monoisotopic (exact) mass is 228 g/mol. The molecule has 17 heavy (non-hydrogen) atoms. The average molecular weight is 228 g/mol. The Morgan fingerprint density at radius 3 is 2.47 bits per heavy atom. The van der Waals surface area contributed by atoms with Crippen LogP contribution in [-0.2, 0) is 0 Å². The van der Waals surface area contributed by atoms with Crippen molar-refractivity contribution >= 4 is 16.8 Å². The van der Waals surface area contributed by atoms with Crippen molar-refractivity contribution in [3.8, 4) is 5.75 Å². The highest BCUT2D eigenvalue weighted by Crippen LogP contribution is 2.28. The second kappa shape index (κ2) is 5.02. The summed E-state index contributed by atoms with van der Waals surface area (Å²) < 4.78 is 5.33. The van der Waals surface area contributed by atoms with Gasteiger partial charge in [0.05, 0.1) is 13.2 Å². The Morgan fingerprint density at radius 1 is 1.12 bits per heavy atom. The summed E-state index contributed by atoms with van der Waals surface area (Å²) in [6.45, 7) is 1.74. The summed E-state index contributed by atoms with van der Waals surface area (Å²) in [7, 11) is 1.67. The fourth-order valence-electron chi connectivity index (χ4n) is 1.86. The first kappa shape index (κ1) is 11.7. The Bertz CT molecular complexity index is 542. The Morgan fingerprint density at radius 2 is 1.82 bits per heavy atom. The Balaban J connectivity index is 2.58. The first-order valence-corrected chi connectivity index (χ1v) is 5.64. The van der Waals surface area contributed by atoms with Crippen LogP contribution in [0, 0.1) is 0 Å². The molecule has 0 spiro atoms. The summed E-state index contributed by atoms with van der Waals surface area (Å²) in [5.74, 6) is 0.870. The van der Waals surface area contributed by atoms with Crippen LogP contribution in [0.5, 0.6) is 5.75 Å². The summed E-state index contributed by atoms with van der Waals surface area (Å²) in [4.78, 5) is 0. The van der Waals surface area contributed by atoms with E-state index in [-0.39, 0.29) is 0 Å². The summed E-state index contributed by atoms with van der Waals surface area (Å²) in [6, 6.07) is 12.0. The first-order valence-electron chi connectivity index (χ1n) is 5.64. The average Bonchev–Trinajstić information content (AvgIpc) is 2.35. The molecule has 2 aromatic rings. The van der Waals surface area contributed by atoms with E-state index >= 15 is 0 Å². The van der Waals surface area contributed by atoms with Gasteiger partial charge in [0.2, 0.25) is 0 Å². The molecule has 0 saturated heterocycles. The van der Waals surface area contributed by atoms with Gasteiger partial charge in [-0.05, 0) is 23.9 Å². The third kappa shape index (κ3) is 2.48. The van der Waals surface area contributed by atoms with Crippen LogP contribution in [0.2, 0.25) is 0 Å². The molecule has 1 N–H and O–H groups in total. The maximum absolute atomic E-state index is 9.28. The van der Waals surface area contributed by atoms with Gasteiger partial charge in [0, 0.05) is 5.39 Å². The van der Waals surface area contributed by atoms with E-state index in [1.165, 1.54) is 0 Å². The minimum absolute atomic E-state index is 0.434. The molecular weight excluding hydrogens is 212 g/mol. The van der Waals surface area contributed by atoms with E-state index in [9.17, 15) is 5.11 Å². The van der Waals surface area contributed by atoms with E-state index in [0.717, 1.165) is 22.1 Å². The molecule has 0 aromatic heterocycles. The highest BCUT2D eigenvalue weighted by Gasteiger charge is 2.03. The maximum atomic E-state index is 9.28. The third-order valence-corrected chi connectivity index (χ3v) is 2.69. The minimum atomic E-state index is -0.434. The van der Waals surface area contributed by atoms with Crippen molar-refractivity contribution in [1.29, 1.82) is 0 Å². The first-order chi connectivity index (χ1) is 8.22. The molecule has 1 atom stereocenters. The van der Waals surface area contributed by atoms with Crippen LogP contribution in [0.25, 0.3) is 16.8 Å². The van der Waals surface area contributed by atoms with E-state index in [2.05, 4.69) is 6.07 Å². The van der Waals surface area contributed by atoms with Crippen molar-refractivity contribution in [3.05, 3.63) is 48.0 Å². The standard InChI is InChI=1S/C15H16O2/c1-11(16)7-8-12-9-10-15(17-2)14-6-4-3-5-13(12)14/h3-11,16H,1-2H3/b8-7+. The predicted octanol–water partition coefficient (Wildman–Crippen LogP) is 3.24. The van der Waals surface area contributed by atoms with Gasteiger partial charge in [0.25, 0.3) is 0 Å². The fourth-order valence-corrected chi connectivity index (χ4v) is 1.86. The van der Waals surface area contributed by atoms with Crippen molar-refractivity contribution in [2.24, 2.45) is 0 Å². The van der Waals surface area contributed by atoms with Crippen LogP contribution in [0.3, 0.4) is 0 Å². The van der Waals surface area contributed by atoms with Gasteiger partial charge in [0.15, 0.2) is 0 Å². The van der Waals surface area contributed by atoms with Crippen molar-refractivity contribution in [2.45, 2.75) is 13.0 Å². The van der Waals surface area contributed by atoms with E-state index < -0.39 is 6.10 Å². The predicted molar refractivity (Wildman–Crippen MR) is 71.2 cm³/mol. The smallest absolute Gasteiger partial charge is 0.126 e. The number of fused-ring (bicyclic) bond motifs is 1. The van der Waals surface area contributed by atoms with Crippen LogP contribution in [0.15, 0.2) is 42.5 Å². The number of rotatable bonds is 3. The van der Waals surface area contributed by atoms with Gasteiger partial charge in [-0.3, -0.25) is 0 Å². The van der Waals surface area contributed by atoms with Gasteiger partial charge >= 0.3 is 0 Å². The fraction of sp³-hybridized carbons (Fsp3) is 0.200. The number of methoxy groups -OCH3 is 1. The summed E-state index contributed by atoms with van der Waals surface area (Å²) in [5.41, 5.74) is 1.09. The lowest BCUT2D eigenvalue weighted by Crippen LogP contribution is -1.92. The number of ether oxygens (including phenoxy) is 1. The number of benzene rings is 2. The van der Waals surface area contributed by atoms with Crippen molar-refractivity contribution in [2.75, 3.05) is 7.11 Å². The lowest BCUT2D eigenvalue weighted by atomic mass is 10.0. The van der Waals surface area contributed by atoms with Gasteiger partial charge in [-0.25, -0.2) is 0 Å². The van der Waals surface area contributed by atoms with Crippen LogP contribution >= 0.6 is 0 Å². The second-order valence-corrected chi connectivity index (χ2v) is 4.00. The topological polar surface area (TPSA) is 29.5 Å². The molecule has 0 bridgehead atoms. The molecule has 0 amide bonds. The molecule has 0 saturated carbocycles. The molecule has 2 aromatic carbocycles. The van der Waals surface area contributed by atoms with Gasteiger partial charge < -0.3 is 9.84 Å². The van der Waals surface area contributed by atoms with Crippen molar-refractivity contribution in [3.63, 3.8) is 0 Å². The molecule has 1 unspecified atom stereocenters. The number of hydrogen-bond donors (Lipinski definition) is 1. The van der Waals surface area contributed by atoms with Crippen molar-refractivity contribution < 1.29 is 9.84 Å². The minimum Gasteiger partial charge on any atom is -0.496 e. The molecular formula is C15H16O2. The van der Waals surface area contributed by atoms with Gasteiger partial charge in [0.1, 0.15) is 5.75 Å². The largest absolute Gasteiger partial charge is 0.496 e. The molecule has 2 rings (SSSR count). The van der Waals surface area contributed by atoms with Gasteiger partial charge in [-0.2, -0.15) is 0 Å². The molecule has 0 fully saturated rings. The molecule has 0 aliphatic rings. The zero-order valence-electron chi connectivity index (χ0n) is 10.1. The second-order valence-electron chi connectivity index (χ2n) is 4.00. The summed E-state index contributed by atoms with van der Waals surface area (Å²) in [6.07, 6.45) is 3.27. The maximum Gasteiger partial charge on any atom is 0.126 e. The SMILES string of the molecule is COc1ccc(/C=C/C(C)O)c2ccccc12. The number of aliphatic hydroxyl groups is 1. The summed E-state index contributed by atoms with van der Waals surface area (Å²) in [5, 5.41) is 11.5. The van der Waals surface area contributed by atoms with E-state index in [1.807, 2.05) is 36.4 Å². The van der Waals surface area contributed by atoms with E-state index in [1.54, 1.807) is 20.1 Å². The van der Waals surface area contributed by atoms with Crippen LogP contribution < -0.4 is 4.74 Å². The van der Waals surface area contributed by atoms with Gasteiger partial charge in [-0.15, -0.1) is 0 Å². The number of aliphatic hydroxyl groups excluding tert-OH is 1. The molecule has 0 radical (unpaired) electrons. The van der Waals surface area contributed by atoms with Gasteiger partial charge in [-0.1, -0.05) is 42.5 Å². The molecule has 88 valence electrons. The lowest BCUT2D eigenvalue weighted by Gasteiger charge is -2.08. The Labute approximate surface area is 101 Å². The highest BCUT2D eigenvalue weighted by atomic mass is 16.5. The molecule has 0 heterocycles. The van der Waals surface area contributed by atoms with E-state index in [0.29, 0.717) is 0 Å². The van der Waals surface area contributed by atoms with Crippen molar-refractivity contribution in [1.82, 2.24) is 0 Å². The summed E-state index contributed by atoms with van der Waals surface area (Å²) >= 11 is 0. The molecule has 0 aliphatic heterocycles. The number of hydrogen-bond acceptors (Lipinski definition) is 2. The Hall–Kier alpha value is -1.80. The Kier molecular flexibility index (Phi) is 3.45. The zero-order valence-corrected chi connectivity index (χ0v) is 10.1. The highest BCUT2D eigenvalue weighted by molar-refractivity contribution is 5.94. The van der Waals surface area contributed by atoms with Crippen LogP contribution in [0.1, 0.15) is 12.5 Å². The van der Waals surface area contributed by atoms with E-state index in [4.69, 9.17) is 4.74 Å².